The normalized spacial score (nSPS) is 18.0. The van der Waals surface area contributed by atoms with Crippen molar-refractivity contribution >= 4 is 5.91 Å². The van der Waals surface area contributed by atoms with Crippen LogP contribution in [0.1, 0.15) is 46.6 Å². The summed E-state index contributed by atoms with van der Waals surface area (Å²) in [6, 6.07) is 1.65. The molecule has 1 atom stereocenters. The smallest absolute Gasteiger partial charge is 0.273 e. The molecule has 1 aliphatic rings. The molecule has 0 aromatic carbocycles. The Kier molecular flexibility index (Phi) is 3.60. The highest BCUT2D eigenvalue weighted by Gasteiger charge is 2.32. The molecule has 0 radical (unpaired) electrons. The molecule has 108 valence electrons. The number of carbonyl (C=O) groups is 1. The fraction of sp³-hybridized carbons (Fsp3) is 0.400. The van der Waals surface area contributed by atoms with Crippen molar-refractivity contribution in [2.45, 2.75) is 32.7 Å². The zero-order chi connectivity index (χ0) is 14.8. The highest BCUT2D eigenvalue weighted by atomic mass is 16.2. The van der Waals surface area contributed by atoms with E-state index in [1.165, 1.54) is 0 Å². The average molecular weight is 283 g/mol. The van der Waals surface area contributed by atoms with Gasteiger partial charge in [0.25, 0.3) is 5.91 Å². The predicted molar refractivity (Wildman–Crippen MR) is 76.5 cm³/mol. The third kappa shape index (κ3) is 2.74. The monoisotopic (exact) mass is 283 g/mol. The van der Waals surface area contributed by atoms with E-state index >= 15 is 0 Å². The van der Waals surface area contributed by atoms with Gasteiger partial charge in [-0.2, -0.15) is 0 Å². The molecule has 0 N–H and O–H groups in total. The summed E-state index contributed by atoms with van der Waals surface area (Å²) in [6.07, 6.45) is 6.96. The second kappa shape index (κ2) is 5.55. The number of rotatable bonds is 2. The molecule has 3 rings (SSSR count). The molecule has 2 aromatic rings. The van der Waals surface area contributed by atoms with E-state index in [4.69, 9.17) is 0 Å². The molecule has 3 heterocycles. The van der Waals surface area contributed by atoms with Crippen molar-refractivity contribution in [1.82, 2.24) is 24.8 Å². The molecule has 2 aromatic heterocycles. The summed E-state index contributed by atoms with van der Waals surface area (Å²) in [5.74, 6) is 0.540. The third-order valence-corrected chi connectivity index (χ3v) is 3.62. The highest BCUT2D eigenvalue weighted by molar-refractivity contribution is 5.92. The van der Waals surface area contributed by atoms with E-state index in [2.05, 4.69) is 19.9 Å². The Labute approximate surface area is 123 Å². The molecule has 1 fully saturated rings. The Bertz CT molecular complexity index is 673. The second-order valence-corrected chi connectivity index (χ2v) is 5.23. The van der Waals surface area contributed by atoms with E-state index in [9.17, 15) is 4.79 Å². The minimum atomic E-state index is -0.0636. The van der Waals surface area contributed by atoms with Crippen LogP contribution in [0.4, 0.5) is 0 Å². The highest BCUT2D eigenvalue weighted by Crippen LogP contribution is 2.31. The maximum atomic E-state index is 12.7. The van der Waals surface area contributed by atoms with Crippen molar-refractivity contribution < 1.29 is 4.79 Å². The Hall–Kier alpha value is -2.37. The molecule has 0 saturated carbocycles. The van der Waals surface area contributed by atoms with Crippen LogP contribution in [0, 0.1) is 13.8 Å². The van der Waals surface area contributed by atoms with Gasteiger partial charge in [-0.15, -0.1) is 0 Å². The summed E-state index contributed by atoms with van der Waals surface area (Å²) in [6.45, 7) is 4.41. The zero-order valence-corrected chi connectivity index (χ0v) is 12.2. The molecular formula is C15H17N5O. The standard InChI is InChI=1S/C15H17N5O/c1-10-8-16-9-13(18-10)14-4-3-7-20(14)15(21)12-5-6-17-11(2)19-12/h5-6,8-9,14H,3-4,7H2,1-2H3/t14-/m1/s1. The van der Waals surface area contributed by atoms with Gasteiger partial charge in [0.15, 0.2) is 0 Å². The lowest BCUT2D eigenvalue weighted by molar-refractivity contribution is 0.0726. The zero-order valence-electron chi connectivity index (χ0n) is 12.2. The van der Waals surface area contributed by atoms with Crippen LogP contribution in [0.2, 0.25) is 0 Å². The van der Waals surface area contributed by atoms with Gasteiger partial charge in [0.1, 0.15) is 11.5 Å². The lowest BCUT2D eigenvalue weighted by Crippen LogP contribution is -2.32. The number of hydrogen-bond acceptors (Lipinski definition) is 5. The summed E-state index contributed by atoms with van der Waals surface area (Å²) in [7, 11) is 0. The quantitative estimate of drug-likeness (QED) is 0.841. The fourth-order valence-electron chi connectivity index (χ4n) is 2.68. The van der Waals surface area contributed by atoms with Gasteiger partial charge in [0.05, 0.1) is 23.6 Å². The molecule has 1 aliphatic heterocycles. The summed E-state index contributed by atoms with van der Waals surface area (Å²) in [5.41, 5.74) is 2.16. The largest absolute Gasteiger partial charge is 0.329 e. The molecule has 1 amide bonds. The molecular weight excluding hydrogens is 266 g/mol. The molecule has 6 heteroatoms. The number of likely N-dealkylation sites (tertiary alicyclic amines) is 1. The Morgan fingerprint density at radius 2 is 2.14 bits per heavy atom. The second-order valence-electron chi connectivity index (χ2n) is 5.23. The minimum Gasteiger partial charge on any atom is -0.329 e. The number of carbonyl (C=O) groups excluding carboxylic acids is 1. The van der Waals surface area contributed by atoms with E-state index < -0.39 is 0 Å². The van der Waals surface area contributed by atoms with Gasteiger partial charge in [-0.1, -0.05) is 0 Å². The molecule has 0 aliphatic carbocycles. The SMILES string of the molecule is Cc1cncc([C@H]2CCCN2C(=O)c2ccnc(C)n2)n1. The topological polar surface area (TPSA) is 71.9 Å². The number of amides is 1. The molecule has 0 spiro atoms. The van der Waals surface area contributed by atoms with Crippen LogP contribution < -0.4 is 0 Å². The van der Waals surface area contributed by atoms with Gasteiger partial charge in [-0.3, -0.25) is 14.8 Å². The van der Waals surface area contributed by atoms with Gasteiger partial charge in [0.2, 0.25) is 0 Å². The summed E-state index contributed by atoms with van der Waals surface area (Å²) >= 11 is 0. The Morgan fingerprint density at radius 3 is 2.90 bits per heavy atom. The first-order chi connectivity index (χ1) is 10.1. The van der Waals surface area contributed by atoms with Crippen molar-refractivity contribution in [1.29, 1.82) is 0 Å². The average Bonchev–Trinajstić information content (AvgIpc) is 2.96. The molecule has 1 saturated heterocycles. The van der Waals surface area contributed by atoms with Gasteiger partial charge in [0, 0.05) is 18.9 Å². The summed E-state index contributed by atoms with van der Waals surface area (Å²) in [4.78, 5) is 31.4. The van der Waals surface area contributed by atoms with Crippen LogP contribution in [0.25, 0.3) is 0 Å². The van der Waals surface area contributed by atoms with Crippen molar-refractivity contribution in [2.24, 2.45) is 0 Å². The first-order valence-corrected chi connectivity index (χ1v) is 7.04. The number of aromatic nitrogens is 4. The molecule has 21 heavy (non-hydrogen) atoms. The van der Waals surface area contributed by atoms with Crippen molar-refractivity contribution in [3.05, 3.63) is 47.6 Å². The molecule has 6 nitrogen and oxygen atoms in total. The van der Waals surface area contributed by atoms with Crippen LogP contribution in [-0.2, 0) is 0 Å². The predicted octanol–water partition coefficient (Wildman–Crippen LogP) is 1.86. The summed E-state index contributed by atoms with van der Waals surface area (Å²) in [5, 5.41) is 0. The van der Waals surface area contributed by atoms with Crippen molar-refractivity contribution in [3.63, 3.8) is 0 Å². The summed E-state index contributed by atoms with van der Waals surface area (Å²) < 4.78 is 0. The van der Waals surface area contributed by atoms with Crippen molar-refractivity contribution in [2.75, 3.05) is 6.54 Å². The first kappa shape index (κ1) is 13.6. The van der Waals surface area contributed by atoms with E-state index in [1.54, 1.807) is 31.6 Å². The number of nitrogens with zero attached hydrogens (tertiary/aromatic N) is 5. The first-order valence-electron chi connectivity index (χ1n) is 7.04. The van der Waals surface area contributed by atoms with E-state index in [1.807, 2.05) is 11.8 Å². The Morgan fingerprint density at radius 1 is 1.29 bits per heavy atom. The van der Waals surface area contributed by atoms with Crippen LogP contribution in [0.15, 0.2) is 24.7 Å². The maximum Gasteiger partial charge on any atom is 0.273 e. The lowest BCUT2D eigenvalue weighted by atomic mass is 10.1. The van der Waals surface area contributed by atoms with E-state index in [-0.39, 0.29) is 11.9 Å². The van der Waals surface area contributed by atoms with Crippen LogP contribution >= 0.6 is 0 Å². The fourth-order valence-corrected chi connectivity index (χ4v) is 2.68. The van der Waals surface area contributed by atoms with Gasteiger partial charge < -0.3 is 4.90 Å². The van der Waals surface area contributed by atoms with Gasteiger partial charge >= 0.3 is 0 Å². The van der Waals surface area contributed by atoms with Crippen molar-refractivity contribution in [3.8, 4) is 0 Å². The van der Waals surface area contributed by atoms with E-state index in [0.29, 0.717) is 11.5 Å². The maximum absolute atomic E-state index is 12.7. The third-order valence-electron chi connectivity index (χ3n) is 3.62. The van der Waals surface area contributed by atoms with Crippen LogP contribution in [0.3, 0.4) is 0 Å². The Balaban J connectivity index is 1.89. The van der Waals surface area contributed by atoms with Crippen LogP contribution in [-0.4, -0.2) is 37.3 Å². The molecule has 0 bridgehead atoms. The van der Waals surface area contributed by atoms with Crippen LogP contribution in [0.5, 0.6) is 0 Å². The molecule has 0 unspecified atom stereocenters. The van der Waals surface area contributed by atoms with Gasteiger partial charge in [-0.05, 0) is 32.8 Å². The number of hydrogen-bond donors (Lipinski definition) is 0. The van der Waals surface area contributed by atoms with Gasteiger partial charge in [-0.25, -0.2) is 9.97 Å². The minimum absolute atomic E-state index is 0.0137. The lowest BCUT2D eigenvalue weighted by Gasteiger charge is -2.24. The number of aryl methyl sites for hydroxylation is 2. The van der Waals surface area contributed by atoms with E-state index in [0.717, 1.165) is 30.8 Å².